The van der Waals surface area contributed by atoms with Crippen LogP contribution in [0.25, 0.3) is 0 Å². The van der Waals surface area contributed by atoms with Crippen LogP contribution in [0.5, 0.6) is 0 Å². The number of anilines is 1. The first-order chi connectivity index (χ1) is 12.6. The van der Waals surface area contributed by atoms with Gasteiger partial charge in [0.05, 0.1) is 12.5 Å². The number of benzene rings is 2. The van der Waals surface area contributed by atoms with E-state index in [-0.39, 0.29) is 17.9 Å². The normalized spacial score (nSPS) is 19.3. The van der Waals surface area contributed by atoms with E-state index in [0.717, 1.165) is 29.4 Å². The number of carbonyl (C=O) groups excluding carboxylic acids is 2. The molecule has 0 aromatic heterocycles. The molecule has 0 unspecified atom stereocenters. The van der Waals surface area contributed by atoms with Gasteiger partial charge in [0.2, 0.25) is 5.91 Å². The molecular weight excluding hydrogens is 350 g/mol. The van der Waals surface area contributed by atoms with Gasteiger partial charge >= 0.3 is 0 Å². The Hall–Kier alpha value is -2.53. The number of nitrogens with one attached hydrogen (secondary N) is 1. The van der Waals surface area contributed by atoms with Crippen molar-refractivity contribution in [2.75, 3.05) is 31.1 Å². The topological polar surface area (TPSA) is 52.7 Å². The zero-order valence-electron chi connectivity index (χ0n) is 14.3. The molecule has 2 aliphatic rings. The molecule has 0 spiro atoms. The molecule has 0 saturated carbocycles. The van der Waals surface area contributed by atoms with Gasteiger partial charge in [0.25, 0.3) is 5.91 Å². The molecule has 4 rings (SSSR count). The lowest BCUT2D eigenvalue weighted by Crippen LogP contribution is -2.49. The highest BCUT2D eigenvalue weighted by atomic mass is 35.5. The molecule has 2 aromatic rings. The number of hydrogen-bond donors (Lipinski definition) is 1. The van der Waals surface area contributed by atoms with E-state index in [2.05, 4.69) is 10.2 Å². The largest absolute Gasteiger partial charge is 0.368 e. The standard InChI is InChI=1S/C20H20ClN3O2/c21-14-4-3-5-15(12-14)23-8-10-24(11-9-23)19(25)13-18-16-6-1-2-7-17(16)20(26)22-18/h1-7,12,18H,8-11,13H2,(H,22,26)/t18-/m0/s1. The summed E-state index contributed by atoms with van der Waals surface area (Å²) in [7, 11) is 0. The summed E-state index contributed by atoms with van der Waals surface area (Å²) in [5, 5.41) is 3.64. The van der Waals surface area contributed by atoms with Gasteiger partial charge < -0.3 is 15.1 Å². The minimum atomic E-state index is -0.225. The molecule has 2 aliphatic heterocycles. The van der Waals surface area contributed by atoms with E-state index < -0.39 is 0 Å². The average Bonchev–Trinajstić information content (AvgIpc) is 2.98. The second-order valence-corrected chi connectivity index (χ2v) is 7.10. The van der Waals surface area contributed by atoms with Crippen LogP contribution in [0, 0.1) is 0 Å². The maximum absolute atomic E-state index is 12.7. The molecule has 5 nitrogen and oxygen atoms in total. The lowest BCUT2D eigenvalue weighted by atomic mass is 10.0. The summed E-state index contributed by atoms with van der Waals surface area (Å²) in [6.07, 6.45) is 0.305. The third kappa shape index (κ3) is 3.27. The van der Waals surface area contributed by atoms with Gasteiger partial charge in [-0.3, -0.25) is 9.59 Å². The van der Waals surface area contributed by atoms with Crippen molar-refractivity contribution < 1.29 is 9.59 Å². The quantitative estimate of drug-likeness (QED) is 0.905. The van der Waals surface area contributed by atoms with E-state index in [1.165, 1.54) is 0 Å². The van der Waals surface area contributed by atoms with Gasteiger partial charge in [-0.25, -0.2) is 0 Å². The Bertz CT molecular complexity index is 846. The summed E-state index contributed by atoms with van der Waals surface area (Å²) in [5.41, 5.74) is 2.68. The van der Waals surface area contributed by atoms with E-state index in [1.54, 1.807) is 6.07 Å². The Labute approximate surface area is 157 Å². The van der Waals surface area contributed by atoms with Crippen LogP contribution >= 0.6 is 11.6 Å². The minimum Gasteiger partial charge on any atom is -0.368 e. The maximum Gasteiger partial charge on any atom is 0.252 e. The van der Waals surface area contributed by atoms with Gasteiger partial charge in [0.1, 0.15) is 0 Å². The fourth-order valence-corrected chi connectivity index (χ4v) is 3.86. The van der Waals surface area contributed by atoms with Crippen LogP contribution in [0.4, 0.5) is 5.69 Å². The third-order valence-electron chi connectivity index (χ3n) is 5.07. The molecule has 0 radical (unpaired) electrons. The number of halogens is 1. The zero-order valence-corrected chi connectivity index (χ0v) is 15.1. The summed E-state index contributed by atoms with van der Waals surface area (Å²) in [6.45, 7) is 2.90. The molecule has 134 valence electrons. The van der Waals surface area contributed by atoms with Crippen LogP contribution in [-0.2, 0) is 4.79 Å². The maximum atomic E-state index is 12.7. The summed E-state index contributed by atoms with van der Waals surface area (Å²) in [6, 6.07) is 15.0. The van der Waals surface area contributed by atoms with Gasteiger partial charge in [-0.05, 0) is 29.8 Å². The second-order valence-electron chi connectivity index (χ2n) is 6.67. The SMILES string of the molecule is O=C1N[C@@H](CC(=O)N2CCN(c3cccc(Cl)c3)CC2)c2ccccc21. The van der Waals surface area contributed by atoms with E-state index >= 15 is 0 Å². The van der Waals surface area contributed by atoms with Crippen molar-refractivity contribution >= 4 is 29.1 Å². The fraction of sp³-hybridized carbons (Fsp3) is 0.300. The van der Waals surface area contributed by atoms with Crippen molar-refractivity contribution in [2.24, 2.45) is 0 Å². The first kappa shape index (κ1) is 16.9. The number of hydrogen-bond acceptors (Lipinski definition) is 3. The minimum absolute atomic E-state index is 0.0812. The van der Waals surface area contributed by atoms with Crippen molar-refractivity contribution in [1.29, 1.82) is 0 Å². The van der Waals surface area contributed by atoms with Crippen LogP contribution in [0.3, 0.4) is 0 Å². The van der Waals surface area contributed by atoms with Crippen LogP contribution in [0.1, 0.15) is 28.4 Å². The first-order valence-electron chi connectivity index (χ1n) is 8.80. The number of nitrogens with zero attached hydrogens (tertiary/aromatic N) is 2. The number of fused-ring (bicyclic) bond motifs is 1. The van der Waals surface area contributed by atoms with Crippen LogP contribution < -0.4 is 10.2 Å². The van der Waals surface area contributed by atoms with Crippen molar-refractivity contribution in [3.05, 3.63) is 64.7 Å². The molecule has 2 heterocycles. The summed E-state index contributed by atoms with van der Waals surface area (Å²) in [4.78, 5) is 28.8. The molecule has 0 aliphatic carbocycles. The van der Waals surface area contributed by atoms with E-state index in [1.807, 2.05) is 47.4 Å². The molecular formula is C20H20ClN3O2. The van der Waals surface area contributed by atoms with Gasteiger partial charge in [-0.2, -0.15) is 0 Å². The fourth-order valence-electron chi connectivity index (χ4n) is 3.67. The Morgan fingerprint density at radius 3 is 2.62 bits per heavy atom. The van der Waals surface area contributed by atoms with E-state index in [4.69, 9.17) is 11.6 Å². The molecule has 1 saturated heterocycles. The first-order valence-corrected chi connectivity index (χ1v) is 9.18. The number of carbonyl (C=O) groups is 2. The van der Waals surface area contributed by atoms with Crippen molar-refractivity contribution in [3.8, 4) is 0 Å². The Morgan fingerprint density at radius 1 is 1.08 bits per heavy atom. The van der Waals surface area contributed by atoms with Gasteiger partial charge in [0, 0.05) is 42.5 Å². The molecule has 1 atom stereocenters. The van der Waals surface area contributed by atoms with Gasteiger partial charge in [-0.1, -0.05) is 35.9 Å². The van der Waals surface area contributed by atoms with Gasteiger partial charge in [0.15, 0.2) is 0 Å². The summed E-state index contributed by atoms with van der Waals surface area (Å²) >= 11 is 6.07. The molecule has 1 N–H and O–H groups in total. The predicted octanol–water partition coefficient (Wildman–Crippen LogP) is 2.86. The molecule has 2 amide bonds. The highest BCUT2D eigenvalue weighted by Gasteiger charge is 2.31. The van der Waals surface area contributed by atoms with Crippen LogP contribution in [0.2, 0.25) is 5.02 Å². The van der Waals surface area contributed by atoms with Gasteiger partial charge in [-0.15, -0.1) is 0 Å². The number of piperazine rings is 1. The Kier molecular flexibility index (Phi) is 4.55. The molecule has 2 aromatic carbocycles. The third-order valence-corrected chi connectivity index (χ3v) is 5.31. The summed E-state index contributed by atoms with van der Waals surface area (Å²) < 4.78 is 0. The predicted molar refractivity (Wildman–Crippen MR) is 102 cm³/mol. The van der Waals surface area contributed by atoms with Crippen molar-refractivity contribution in [2.45, 2.75) is 12.5 Å². The summed E-state index contributed by atoms with van der Waals surface area (Å²) in [5.74, 6) is -0.0121. The zero-order chi connectivity index (χ0) is 18.1. The highest BCUT2D eigenvalue weighted by molar-refractivity contribution is 6.30. The monoisotopic (exact) mass is 369 g/mol. The van der Waals surface area contributed by atoms with E-state index in [0.29, 0.717) is 25.1 Å². The average molecular weight is 370 g/mol. The van der Waals surface area contributed by atoms with Crippen LogP contribution in [-0.4, -0.2) is 42.9 Å². The number of amides is 2. The molecule has 0 bridgehead atoms. The van der Waals surface area contributed by atoms with Crippen LogP contribution in [0.15, 0.2) is 48.5 Å². The lowest BCUT2D eigenvalue weighted by Gasteiger charge is -2.36. The van der Waals surface area contributed by atoms with Crippen molar-refractivity contribution in [3.63, 3.8) is 0 Å². The highest BCUT2D eigenvalue weighted by Crippen LogP contribution is 2.28. The smallest absolute Gasteiger partial charge is 0.252 e. The molecule has 6 heteroatoms. The Balaban J connectivity index is 1.37. The van der Waals surface area contributed by atoms with E-state index in [9.17, 15) is 9.59 Å². The molecule has 26 heavy (non-hydrogen) atoms. The Morgan fingerprint density at radius 2 is 1.85 bits per heavy atom. The lowest BCUT2D eigenvalue weighted by molar-refractivity contribution is -0.132. The van der Waals surface area contributed by atoms with Crippen molar-refractivity contribution in [1.82, 2.24) is 10.2 Å². The number of rotatable bonds is 3. The second kappa shape index (κ2) is 7.00. The molecule has 1 fully saturated rings.